The largest absolute Gasteiger partial charge is 0.346 e. The van der Waals surface area contributed by atoms with Gasteiger partial charge in [-0.2, -0.15) is 10.4 Å². The molecule has 1 aromatic heterocycles. The first-order valence-electron chi connectivity index (χ1n) is 8.60. The molecule has 140 valence electrons. The highest BCUT2D eigenvalue weighted by atomic mass is 35.5. The van der Waals surface area contributed by atoms with Gasteiger partial charge in [-0.3, -0.25) is 5.43 Å². The highest BCUT2D eigenvalue weighted by molar-refractivity contribution is 8.14. The Bertz CT molecular complexity index is 1140. The zero-order chi connectivity index (χ0) is 19.5. The van der Waals surface area contributed by atoms with Crippen molar-refractivity contribution in [2.75, 3.05) is 5.75 Å². The van der Waals surface area contributed by atoms with Crippen molar-refractivity contribution in [1.82, 2.24) is 9.99 Å². The average molecular weight is 428 g/mol. The number of thioether (sulfide) groups is 1. The molecule has 5 nitrogen and oxygen atoms in total. The van der Waals surface area contributed by atoms with Crippen LogP contribution in [0.1, 0.15) is 12.0 Å². The molecule has 0 radical (unpaired) electrons. The molecule has 2 aromatic carbocycles. The van der Waals surface area contributed by atoms with E-state index in [9.17, 15) is 0 Å². The molecule has 2 heterocycles. The van der Waals surface area contributed by atoms with E-state index in [0.717, 1.165) is 22.2 Å². The highest BCUT2D eigenvalue weighted by Gasteiger charge is 2.18. The van der Waals surface area contributed by atoms with Gasteiger partial charge < -0.3 is 4.57 Å². The van der Waals surface area contributed by atoms with E-state index in [1.807, 2.05) is 12.1 Å². The lowest BCUT2D eigenvalue weighted by atomic mass is 10.1. The average Bonchev–Trinajstić information content (AvgIpc) is 3.08. The van der Waals surface area contributed by atoms with Gasteiger partial charge in [0.15, 0.2) is 5.17 Å². The molecule has 1 N–H and O–H groups in total. The van der Waals surface area contributed by atoms with Crippen molar-refractivity contribution in [3.63, 3.8) is 0 Å². The minimum Gasteiger partial charge on any atom is -0.346 e. The fraction of sp³-hybridized carbons (Fsp3) is 0.150. The molecule has 0 unspecified atom stereocenters. The molecule has 0 saturated carbocycles. The second kappa shape index (κ2) is 8.27. The minimum atomic E-state index is 0.468. The maximum atomic E-state index is 8.91. The van der Waals surface area contributed by atoms with Crippen LogP contribution in [0.4, 0.5) is 5.69 Å². The van der Waals surface area contributed by atoms with Gasteiger partial charge in [0.2, 0.25) is 0 Å². The molecule has 0 fully saturated rings. The predicted octanol–water partition coefficient (Wildman–Crippen LogP) is 5.59. The van der Waals surface area contributed by atoms with Gasteiger partial charge in [-0.25, -0.2) is 4.99 Å². The number of aromatic nitrogens is 1. The molecule has 0 atom stereocenters. The molecule has 28 heavy (non-hydrogen) atoms. The van der Waals surface area contributed by atoms with Crippen molar-refractivity contribution in [2.45, 2.75) is 13.0 Å². The Hall–Kier alpha value is -2.46. The molecule has 0 saturated heterocycles. The van der Waals surface area contributed by atoms with Gasteiger partial charge in [-0.05, 0) is 24.3 Å². The summed E-state index contributed by atoms with van der Waals surface area (Å²) in [5, 5.41) is 16.3. The van der Waals surface area contributed by atoms with Crippen LogP contribution in [0, 0.1) is 11.3 Å². The predicted molar refractivity (Wildman–Crippen MR) is 118 cm³/mol. The number of aliphatic imine (C=N–C) groups is 1. The Kier molecular flexibility index (Phi) is 5.58. The van der Waals surface area contributed by atoms with Gasteiger partial charge >= 0.3 is 0 Å². The third-order valence-electron chi connectivity index (χ3n) is 4.33. The fourth-order valence-corrected chi connectivity index (χ4v) is 4.24. The molecular formula is C20H15Cl2N5S. The number of fused-ring (bicyclic) bond motifs is 1. The number of benzene rings is 2. The smallest absolute Gasteiger partial charge is 0.182 e. The van der Waals surface area contributed by atoms with Crippen LogP contribution in [0.5, 0.6) is 0 Å². The SMILES string of the molecule is N#CCCn1cc(C2=NNC(=Nc3ccc(Cl)cc3Cl)SC2)c2ccccc21. The van der Waals surface area contributed by atoms with Crippen molar-refractivity contribution >= 4 is 62.4 Å². The van der Waals surface area contributed by atoms with Gasteiger partial charge in [-0.15, -0.1) is 0 Å². The van der Waals surface area contributed by atoms with Crippen LogP contribution in [0.2, 0.25) is 10.0 Å². The van der Waals surface area contributed by atoms with Crippen LogP contribution in [-0.2, 0) is 6.54 Å². The summed E-state index contributed by atoms with van der Waals surface area (Å²) in [5.74, 6) is 0.684. The summed E-state index contributed by atoms with van der Waals surface area (Å²) in [5.41, 5.74) is 6.78. The summed E-state index contributed by atoms with van der Waals surface area (Å²) >= 11 is 13.7. The van der Waals surface area contributed by atoms with Crippen LogP contribution in [0.25, 0.3) is 10.9 Å². The van der Waals surface area contributed by atoms with Crippen molar-refractivity contribution in [3.05, 3.63) is 64.3 Å². The number of amidine groups is 1. The van der Waals surface area contributed by atoms with E-state index in [2.05, 4.69) is 44.5 Å². The zero-order valence-electron chi connectivity index (χ0n) is 14.7. The van der Waals surface area contributed by atoms with E-state index < -0.39 is 0 Å². The Morgan fingerprint density at radius 1 is 1.25 bits per heavy atom. The summed E-state index contributed by atoms with van der Waals surface area (Å²) in [6.07, 6.45) is 2.54. The minimum absolute atomic E-state index is 0.468. The number of hydrazone groups is 1. The van der Waals surface area contributed by atoms with Crippen molar-refractivity contribution in [2.24, 2.45) is 10.1 Å². The summed E-state index contributed by atoms with van der Waals surface area (Å²) in [6, 6.07) is 15.6. The summed E-state index contributed by atoms with van der Waals surface area (Å²) in [6.45, 7) is 0.659. The maximum absolute atomic E-state index is 8.91. The van der Waals surface area contributed by atoms with Gasteiger partial charge in [-0.1, -0.05) is 53.2 Å². The third-order valence-corrected chi connectivity index (χ3v) is 5.74. The number of hydrogen-bond donors (Lipinski definition) is 1. The van der Waals surface area contributed by atoms with Crippen LogP contribution in [0.15, 0.2) is 58.8 Å². The number of para-hydroxylation sites is 1. The Morgan fingerprint density at radius 2 is 2.11 bits per heavy atom. The summed E-state index contributed by atoms with van der Waals surface area (Å²) < 4.78 is 2.11. The topological polar surface area (TPSA) is 65.5 Å². The number of rotatable bonds is 4. The molecule has 4 rings (SSSR count). The number of halogens is 2. The molecule has 3 aromatic rings. The fourth-order valence-electron chi connectivity index (χ4n) is 3.03. The quantitative estimate of drug-likeness (QED) is 0.589. The van der Waals surface area contributed by atoms with Crippen LogP contribution < -0.4 is 5.43 Å². The van der Waals surface area contributed by atoms with Crippen molar-refractivity contribution in [1.29, 1.82) is 5.26 Å². The standard InChI is InChI=1S/C20H15Cl2N5S/c21-13-6-7-17(16(22)10-13)24-20-26-25-18(12-28-20)15-11-27(9-3-8-23)19-5-2-1-4-14(15)19/h1-2,4-7,10-11H,3,9,12H2,(H,24,26). The van der Waals surface area contributed by atoms with Gasteiger partial charge in [0, 0.05) is 40.0 Å². The monoisotopic (exact) mass is 427 g/mol. The lowest BCUT2D eigenvalue weighted by molar-refractivity contribution is 0.744. The van der Waals surface area contributed by atoms with E-state index in [1.54, 1.807) is 30.0 Å². The van der Waals surface area contributed by atoms with Crippen LogP contribution >= 0.6 is 35.0 Å². The normalized spacial score (nSPS) is 15.3. The first kappa shape index (κ1) is 18.9. The molecular weight excluding hydrogens is 413 g/mol. The summed E-state index contributed by atoms with van der Waals surface area (Å²) in [4.78, 5) is 4.52. The Labute approximate surface area is 176 Å². The van der Waals surface area contributed by atoms with E-state index in [-0.39, 0.29) is 0 Å². The maximum Gasteiger partial charge on any atom is 0.182 e. The number of nitrogens with zero attached hydrogens (tertiary/aromatic N) is 4. The van der Waals surface area contributed by atoms with Crippen LogP contribution in [-0.4, -0.2) is 21.2 Å². The molecule has 0 aliphatic carbocycles. The van der Waals surface area contributed by atoms with E-state index >= 15 is 0 Å². The third kappa shape index (κ3) is 3.88. The second-order valence-electron chi connectivity index (χ2n) is 6.13. The molecule has 0 bridgehead atoms. The Morgan fingerprint density at radius 3 is 2.86 bits per heavy atom. The molecule has 1 aliphatic heterocycles. The van der Waals surface area contributed by atoms with E-state index in [1.165, 1.54) is 0 Å². The van der Waals surface area contributed by atoms with Crippen LogP contribution in [0.3, 0.4) is 0 Å². The first-order valence-corrected chi connectivity index (χ1v) is 10.3. The Balaban J connectivity index is 1.62. The molecule has 0 spiro atoms. The molecule has 8 heteroatoms. The van der Waals surface area contributed by atoms with Gasteiger partial charge in [0.05, 0.1) is 28.9 Å². The number of nitrogens with one attached hydrogen (secondary N) is 1. The first-order chi connectivity index (χ1) is 13.7. The lowest BCUT2D eigenvalue weighted by Crippen LogP contribution is -2.25. The lowest BCUT2D eigenvalue weighted by Gasteiger charge is -2.14. The zero-order valence-corrected chi connectivity index (χ0v) is 17.0. The van der Waals surface area contributed by atoms with E-state index in [4.69, 9.17) is 28.5 Å². The van der Waals surface area contributed by atoms with Gasteiger partial charge in [0.1, 0.15) is 0 Å². The van der Waals surface area contributed by atoms with Crippen molar-refractivity contribution < 1.29 is 0 Å². The number of nitriles is 1. The molecule has 1 aliphatic rings. The van der Waals surface area contributed by atoms with Crippen molar-refractivity contribution in [3.8, 4) is 6.07 Å². The molecule has 0 amide bonds. The summed E-state index contributed by atoms with van der Waals surface area (Å²) in [7, 11) is 0. The number of hydrogen-bond acceptors (Lipinski definition) is 4. The number of aryl methyl sites for hydroxylation is 1. The van der Waals surface area contributed by atoms with Gasteiger partial charge in [0.25, 0.3) is 0 Å². The highest BCUT2D eigenvalue weighted by Crippen LogP contribution is 2.30. The van der Waals surface area contributed by atoms with E-state index in [0.29, 0.717) is 39.6 Å². The second-order valence-corrected chi connectivity index (χ2v) is 7.94.